The second-order valence-corrected chi connectivity index (χ2v) is 6.83. The van der Waals surface area contributed by atoms with Gasteiger partial charge in [0.25, 0.3) is 5.91 Å². The molecule has 2 aromatic carbocycles. The van der Waals surface area contributed by atoms with Gasteiger partial charge in [0.2, 0.25) is 5.91 Å². The normalized spacial score (nSPS) is 10.5. The highest BCUT2D eigenvalue weighted by atomic mass is 35.5. The summed E-state index contributed by atoms with van der Waals surface area (Å²) in [6, 6.07) is 16.3. The number of carbonyl (C=O) groups is 2. The number of para-hydroxylation sites is 1. The highest BCUT2D eigenvalue weighted by molar-refractivity contribution is 6.30. The molecule has 0 aliphatic carbocycles. The molecule has 1 heterocycles. The van der Waals surface area contributed by atoms with Crippen LogP contribution < -0.4 is 15.4 Å². The first-order valence-electron chi connectivity index (χ1n) is 9.40. The highest BCUT2D eigenvalue weighted by Gasteiger charge is 2.07. The Kier molecular flexibility index (Phi) is 7.41. The molecule has 0 bridgehead atoms. The number of fused-ring (bicyclic) bond motifs is 1. The molecule has 0 aliphatic rings. The number of carbonyl (C=O) groups excluding carboxylic acids is 2. The van der Waals surface area contributed by atoms with Crippen molar-refractivity contribution in [1.29, 1.82) is 0 Å². The van der Waals surface area contributed by atoms with Crippen molar-refractivity contribution in [1.82, 2.24) is 15.6 Å². The number of pyridine rings is 1. The third-order valence-corrected chi connectivity index (χ3v) is 4.49. The summed E-state index contributed by atoms with van der Waals surface area (Å²) in [6.07, 6.45) is 2.63. The van der Waals surface area contributed by atoms with E-state index in [0.29, 0.717) is 30.2 Å². The first kappa shape index (κ1) is 20.6. The van der Waals surface area contributed by atoms with Crippen molar-refractivity contribution in [2.45, 2.75) is 12.8 Å². The number of amides is 2. The van der Waals surface area contributed by atoms with Crippen molar-refractivity contribution in [3.63, 3.8) is 0 Å². The Morgan fingerprint density at radius 2 is 1.76 bits per heavy atom. The summed E-state index contributed by atoms with van der Waals surface area (Å²) in [4.78, 5) is 28.2. The number of rotatable bonds is 9. The number of nitrogens with zero attached hydrogens (tertiary/aromatic N) is 1. The van der Waals surface area contributed by atoms with E-state index in [1.807, 2.05) is 30.3 Å². The maximum absolute atomic E-state index is 12.0. The summed E-state index contributed by atoms with van der Waals surface area (Å²) in [5.74, 6) is 0.388. The molecule has 7 heteroatoms. The Hall–Kier alpha value is -3.12. The van der Waals surface area contributed by atoms with Gasteiger partial charge in [-0.25, -0.2) is 0 Å². The quantitative estimate of drug-likeness (QED) is 0.527. The Morgan fingerprint density at radius 3 is 2.59 bits per heavy atom. The monoisotopic (exact) mass is 411 g/mol. The number of halogens is 1. The van der Waals surface area contributed by atoms with Crippen LogP contribution in [0.1, 0.15) is 23.2 Å². The topological polar surface area (TPSA) is 80.3 Å². The minimum absolute atomic E-state index is 0.117. The summed E-state index contributed by atoms with van der Waals surface area (Å²) in [5, 5.41) is 7.14. The largest absolute Gasteiger partial charge is 0.491 e. The van der Waals surface area contributed by atoms with Gasteiger partial charge < -0.3 is 15.4 Å². The second-order valence-electron chi connectivity index (χ2n) is 6.40. The standard InChI is InChI=1S/C22H22ClN3O3/c23-18-9-7-17(8-10-18)22(28)26-14-11-20(27)24-13-3-15-29-19-6-1-4-16-5-2-12-25-21(16)19/h1-2,4-10,12H,3,11,13-15H2,(H,24,27)(H,26,28). The second kappa shape index (κ2) is 10.4. The lowest BCUT2D eigenvalue weighted by molar-refractivity contribution is -0.120. The van der Waals surface area contributed by atoms with E-state index in [0.717, 1.165) is 16.7 Å². The van der Waals surface area contributed by atoms with Gasteiger partial charge in [-0.15, -0.1) is 0 Å². The number of nitrogens with one attached hydrogen (secondary N) is 2. The maximum atomic E-state index is 12.0. The molecule has 2 amide bonds. The summed E-state index contributed by atoms with van der Waals surface area (Å²) in [7, 11) is 0. The predicted molar refractivity (Wildman–Crippen MR) is 113 cm³/mol. The summed E-state index contributed by atoms with van der Waals surface area (Å²) < 4.78 is 5.79. The molecule has 3 aromatic rings. The van der Waals surface area contributed by atoms with E-state index >= 15 is 0 Å². The van der Waals surface area contributed by atoms with Crippen molar-refractivity contribution < 1.29 is 14.3 Å². The minimum atomic E-state index is -0.230. The molecule has 0 spiro atoms. The summed E-state index contributed by atoms with van der Waals surface area (Å²) >= 11 is 5.80. The van der Waals surface area contributed by atoms with Gasteiger partial charge in [0.15, 0.2) is 0 Å². The number of hydrogen-bond donors (Lipinski definition) is 2. The molecule has 0 saturated heterocycles. The predicted octanol–water partition coefficient (Wildman–Crippen LogP) is 3.59. The van der Waals surface area contributed by atoms with E-state index < -0.39 is 0 Å². The van der Waals surface area contributed by atoms with Crippen LogP contribution in [-0.2, 0) is 4.79 Å². The van der Waals surface area contributed by atoms with Gasteiger partial charge in [0, 0.05) is 41.7 Å². The van der Waals surface area contributed by atoms with Crippen LogP contribution in [0.2, 0.25) is 5.02 Å². The fourth-order valence-electron chi connectivity index (χ4n) is 2.76. The third-order valence-electron chi connectivity index (χ3n) is 4.24. The molecule has 0 fully saturated rings. The van der Waals surface area contributed by atoms with Crippen LogP contribution in [-0.4, -0.2) is 36.5 Å². The Balaban J connectivity index is 1.31. The zero-order valence-electron chi connectivity index (χ0n) is 15.9. The Bertz CT molecular complexity index is 971. The zero-order chi connectivity index (χ0) is 20.5. The van der Waals surface area contributed by atoms with Crippen LogP contribution in [0.5, 0.6) is 5.75 Å². The van der Waals surface area contributed by atoms with Gasteiger partial charge in [0.1, 0.15) is 11.3 Å². The molecule has 150 valence electrons. The Morgan fingerprint density at radius 1 is 0.966 bits per heavy atom. The first-order valence-corrected chi connectivity index (χ1v) is 9.78. The van der Waals surface area contributed by atoms with Gasteiger partial charge in [-0.3, -0.25) is 14.6 Å². The van der Waals surface area contributed by atoms with Gasteiger partial charge in [-0.05, 0) is 42.8 Å². The molecule has 1 aromatic heterocycles. The lowest BCUT2D eigenvalue weighted by atomic mass is 10.2. The van der Waals surface area contributed by atoms with E-state index in [2.05, 4.69) is 15.6 Å². The van der Waals surface area contributed by atoms with Gasteiger partial charge >= 0.3 is 0 Å². The molecule has 0 saturated carbocycles. The molecule has 0 atom stereocenters. The van der Waals surface area contributed by atoms with Crippen molar-refractivity contribution in [2.75, 3.05) is 19.7 Å². The lowest BCUT2D eigenvalue weighted by Gasteiger charge is -2.09. The van der Waals surface area contributed by atoms with E-state index in [9.17, 15) is 9.59 Å². The number of benzene rings is 2. The number of ether oxygens (including phenoxy) is 1. The molecular formula is C22H22ClN3O3. The summed E-state index contributed by atoms with van der Waals surface area (Å²) in [5.41, 5.74) is 1.34. The summed E-state index contributed by atoms with van der Waals surface area (Å²) in [6.45, 7) is 1.25. The van der Waals surface area contributed by atoms with Crippen molar-refractivity contribution in [3.05, 3.63) is 71.4 Å². The van der Waals surface area contributed by atoms with Crippen molar-refractivity contribution in [2.24, 2.45) is 0 Å². The molecular weight excluding hydrogens is 390 g/mol. The van der Waals surface area contributed by atoms with Crippen LogP contribution in [0.3, 0.4) is 0 Å². The average molecular weight is 412 g/mol. The van der Waals surface area contributed by atoms with Crippen molar-refractivity contribution in [3.8, 4) is 5.75 Å². The van der Waals surface area contributed by atoms with E-state index in [-0.39, 0.29) is 24.8 Å². The fourth-order valence-corrected chi connectivity index (χ4v) is 2.88. The van der Waals surface area contributed by atoms with E-state index in [1.165, 1.54) is 0 Å². The molecule has 0 unspecified atom stereocenters. The molecule has 0 radical (unpaired) electrons. The minimum Gasteiger partial charge on any atom is -0.491 e. The van der Waals surface area contributed by atoms with Crippen LogP contribution in [0.4, 0.5) is 0 Å². The van der Waals surface area contributed by atoms with Crippen LogP contribution in [0.25, 0.3) is 10.9 Å². The lowest BCUT2D eigenvalue weighted by Crippen LogP contribution is -2.31. The molecule has 29 heavy (non-hydrogen) atoms. The molecule has 2 N–H and O–H groups in total. The third kappa shape index (κ3) is 6.19. The van der Waals surface area contributed by atoms with Crippen LogP contribution in [0.15, 0.2) is 60.8 Å². The number of hydrogen-bond acceptors (Lipinski definition) is 4. The van der Waals surface area contributed by atoms with Gasteiger partial charge in [-0.1, -0.05) is 29.8 Å². The van der Waals surface area contributed by atoms with Crippen LogP contribution in [0, 0.1) is 0 Å². The molecule has 6 nitrogen and oxygen atoms in total. The smallest absolute Gasteiger partial charge is 0.251 e. The SMILES string of the molecule is O=C(CCNC(=O)c1ccc(Cl)cc1)NCCCOc1cccc2cccnc12. The van der Waals surface area contributed by atoms with Crippen LogP contribution >= 0.6 is 11.6 Å². The maximum Gasteiger partial charge on any atom is 0.251 e. The average Bonchev–Trinajstić information content (AvgIpc) is 2.74. The number of aromatic nitrogens is 1. The van der Waals surface area contributed by atoms with E-state index in [1.54, 1.807) is 30.5 Å². The van der Waals surface area contributed by atoms with E-state index in [4.69, 9.17) is 16.3 Å². The Labute approximate surface area is 174 Å². The van der Waals surface area contributed by atoms with Gasteiger partial charge in [0.05, 0.1) is 6.61 Å². The molecule has 3 rings (SSSR count). The highest BCUT2D eigenvalue weighted by Crippen LogP contribution is 2.22. The fraction of sp³-hybridized carbons (Fsp3) is 0.227. The van der Waals surface area contributed by atoms with Gasteiger partial charge in [-0.2, -0.15) is 0 Å². The first-order chi connectivity index (χ1) is 14.1. The zero-order valence-corrected chi connectivity index (χ0v) is 16.6. The molecule has 0 aliphatic heterocycles. The van der Waals surface area contributed by atoms with Crippen molar-refractivity contribution >= 4 is 34.3 Å².